The number of rotatable bonds is 7. The lowest BCUT2D eigenvalue weighted by molar-refractivity contribution is -0.327. The molecular weight excluding hydrogens is 648 g/mol. The van der Waals surface area contributed by atoms with Crippen LogP contribution in [-0.4, -0.2) is 73.4 Å². The Morgan fingerprint density at radius 2 is 1.61 bits per heavy atom. The summed E-state index contributed by atoms with van der Waals surface area (Å²) in [6.07, 6.45) is 6.52. The summed E-state index contributed by atoms with van der Waals surface area (Å²) in [6, 6.07) is 9.67. The monoisotopic (exact) mass is 704 g/mol. The zero-order chi connectivity index (χ0) is 36.2. The molecule has 3 saturated heterocycles. The number of fused-ring (bicyclic) bond motifs is 6. The predicted octanol–water partition coefficient (Wildman–Crippen LogP) is 7.63. The molecule has 3 heterocycles. The van der Waals surface area contributed by atoms with Crippen molar-refractivity contribution < 1.29 is 42.7 Å². The van der Waals surface area contributed by atoms with Gasteiger partial charge in [0.15, 0.2) is 24.2 Å². The Morgan fingerprint density at radius 3 is 2.27 bits per heavy atom. The SMILES string of the molecule is C=C1[C@@H](OC(=O)/C=C/c2ccccc2)CC[C@@]2(C)[C@H]3OC(C)(C)O[C@@H]3C3=C(C)C(=O)C[C@@](OC4CCCCO4)([C@@H](OC4CCCCO4)[C@H]12)C3(C)C. The topological polar surface area (TPSA) is 98.8 Å². The third-order valence-electron chi connectivity index (χ3n) is 12.6. The summed E-state index contributed by atoms with van der Waals surface area (Å²) in [5, 5.41) is 0. The molecule has 2 bridgehead atoms. The molecule has 9 heteroatoms. The molecular formula is C42H56O9. The maximum atomic E-state index is 14.5. The van der Waals surface area contributed by atoms with Gasteiger partial charge in [-0.3, -0.25) is 4.79 Å². The molecule has 0 spiro atoms. The average molecular weight is 705 g/mol. The van der Waals surface area contributed by atoms with Crippen LogP contribution < -0.4 is 0 Å². The second-order valence-corrected chi connectivity index (χ2v) is 16.7. The highest BCUT2D eigenvalue weighted by Gasteiger charge is 2.71. The predicted molar refractivity (Wildman–Crippen MR) is 191 cm³/mol. The van der Waals surface area contributed by atoms with Gasteiger partial charge < -0.3 is 33.2 Å². The van der Waals surface area contributed by atoms with Crippen molar-refractivity contribution in [2.45, 2.75) is 148 Å². The summed E-state index contributed by atoms with van der Waals surface area (Å²) < 4.78 is 47.2. The van der Waals surface area contributed by atoms with Gasteiger partial charge in [-0.2, -0.15) is 0 Å². The molecule has 3 aliphatic heterocycles. The summed E-state index contributed by atoms with van der Waals surface area (Å²) in [4.78, 5) is 27.9. The van der Waals surface area contributed by atoms with E-state index in [4.69, 9.17) is 39.7 Å². The van der Waals surface area contributed by atoms with Crippen LogP contribution in [0.25, 0.3) is 6.08 Å². The number of hydrogen-bond donors (Lipinski definition) is 0. The van der Waals surface area contributed by atoms with Crippen LogP contribution in [0.4, 0.5) is 0 Å². The van der Waals surface area contributed by atoms with Crippen LogP contribution in [0.2, 0.25) is 0 Å². The number of carbonyl (C=O) groups excluding carboxylic acids is 2. The van der Waals surface area contributed by atoms with Gasteiger partial charge in [0.2, 0.25) is 0 Å². The summed E-state index contributed by atoms with van der Waals surface area (Å²) in [5.41, 5.74) is 0.642. The minimum atomic E-state index is -1.20. The number of hydrogen-bond acceptors (Lipinski definition) is 9. The second kappa shape index (κ2) is 14.0. The fourth-order valence-corrected chi connectivity index (χ4v) is 9.96. The maximum absolute atomic E-state index is 14.5. The first-order valence-corrected chi connectivity index (χ1v) is 19.0. The fraction of sp³-hybridized carbons (Fsp3) is 0.667. The molecule has 0 N–H and O–H groups in total. The van der Waals surface area contributed by atoms with E-state index in [9.17, 15) is 9.59 Å². The van der Waals surface area contributed by atoms with Gasteiger partial charge in [-0.05, 0) is 100 Å². The summed E-state index contributed by atoms with van der Waals surface area (Å²) in [5.74, 6) is -1.83. The Morgan fingerprint density at radius 1 is 0.922 bits per heavy atom. The van der Waals surface area contributed by atoms with Gasteiger partial charge in [-0.15, -0.1) is 0 Å². The van der Waals surface area contributed by atoms with E-state index < -0.39 is 71.1 Å². The first kappa shape index (κ1) is 36.7. The lowest BCUT2D eigenvalue weighted by atomic mass is 9.47. The summed E-state index contributed by atoms with van der Waals surface area (Å²) in [7, 11) is 0. The molecule has 1 aromatic rings. The van der Waals surface area contributed by atoms with Crippen molar-refractivity contribution in [3.63, 3.8) is 0 Å². The van der Waals surface area contributed by atoms with E-state index in [0.29, 0.717) is 38.0 Å². The quantitative estimate of drug-likeness (QED) is 0.161. The molecule has 3 aliphatic carbocycles. The third kappa shape index (κ3) is 6.61. The molecule has 5 fully saturated rings. The van der Waals surface area contributed by atoms with E-state index >= 15 is 0 Å². The lowest BCUT2D eigenvalue weighted by Crippen LogP contribution is -2.71. The molecule has 0 radical (unpaired) electrons. The maximum Gasteiger partial charge on any atom is 0.331 e. The van der Waals surface area contributed by atoms with Crippen molar-refractivity contribution in [3.05, 3.63) is 65.3 Å². The van der Waals surface area contributed by atoms with Gasteiger partial charge in [0.1, 0.15) is 17.8 Å². The van der Waals surface area contributed by atoms with E-state index in [1.54, 1.807) is 6.08 Å². The first-order valence-electron chi connectivity index (χ1n) is 19.0. The van der Waals surface area contributed by atoms with Crippen LogP contribution in [0, 0.1) is 16.7 Å². The van der Waals surface area contributed by atoms with Crippen molar-refractivity contribution in [1.29, 1.82) is 0 Å². The van der Waals surface area contributed by atoms with Crippen molar-refractivity contribution in [2.24, 2.45) is 16.7 Å². The molecule has 9 nitrogen and oxygen atoms in total. The van der Waals surface area contributed by atoms with E-state index in [0.717, 1.165) is 48.8 Å². The molecule has 2 unspecified atom stereocenters. The van der Waals surface area contributed by atoms with Crippen molar-refractivity contribution >= 4 is 17.8 Å². The van der Waals surface area contributed by atoms with Gasteiger partial charge in [0.05, 0.1) is 12.2 Å². The van der Waals surface area contributed by atoms with Crippen LogP contribution in [0.5, 0.6) is 0 Å². The largest absolute Gasteiger partial charge is 0.455 e. The highest BCUT2D eigenvalue weighted by atomic mass is 16.8. The van der Waals surface area contributed by atoms with Crippen LogP contribution in [0.15, 0.2) is 59.7 Å². The molecule has 0 aromatic heterocycles. The Hall–Kier alpha value is -2.66. The molecule has 9 atom stereocenters. The Labute approximate surface area is 303 Å². The van der Waals surface area contributed by atoms with E-state index in [1.165, 1.54) is 6.08 Å². The molecule has 7 rings (SSSR count). The molecule has 6 aliphatic rings. The number of Topliss-reactive ketones (excluding diaryl/α,β-unsaturated/α-hetero) is 1. The minimum absolute atomic E-state index is 0.00981. The normalized spacial score (nSPS) is 39.2. The standard InChI is InChI=1S/C42H56O9/c1-26-29(43)25-42(49-33-18-12-14-24-46-33)37(48-32-17-11-13-23-45-32)35-27(2)30(47-31(44)20-19-28-15-9-8-10-16-28)21-22-41(35,7)38-36(34(26)39(42,3)4)50-40(5,6)51-38/h8-10,15-16,19-20,30,32-33,35-38H,2,11-14,17-18,21-25H2,1,3-7H3/b20-19+/t30-,32?,33?,35-,36+,37-,38-,41+,42+/m0/s1. The molecule has 51 heavy (non-hydrogen) atoms. The summed E-state index contributed by atoms with van der Waals surface area (Å²) >= 11 is 0. The minimum Gasteiger partial charge on any atom is -0.455 e. The zero-order valence-corrected chi connectivity index (χ0v) is 31.2. The van der Waals surface area contributed by atoms with Crippen molar-refractivity contribution in [2.75, 3.05) is 13.2 Å². The van der Waals surface area contributed by atoms with E-state index in [-0.39, 0.29) is 12.2 Å². The average Bonchev–Trinajstić information content (AvgIpc) is 3.43. The van der Waals surface area contributed by atoms with Gasteiger partial charge in [0, 0.05) is 42.5 Å². The molecule has 2 saturated carbocycles. The fourth-order valence-electron chi connectivity index (χ4n) is 9.96. The zero-order valence-electron chi connectivity index (χ0n) is 31.2. The number of allylic oxidation sites excluding steroid dienone is 1. The van der Waals surface area contributed by atoms with Crippen LogP contribution in [0.1, 0.15) is 105 Å². The Balaban J connectivity index is 1.37. The van der Waals surface area contributed by atoms with Gasteiger partial charge >= 0.3 is 5.97 Å². The number of carbonyl (C=O) groups is 2. The van der Waals surface area contributed by atoms with Crippen molar-refractivity contribution in [1.82, 2.24) is 0 Å². The highest BCUT2D eigenvalue weighted by molar-refractivity contribution is 5.98. The number of benzene rings is 1. The molecule has 0 amide bonds. The Kier molecular flexibility index (Phi) is 10.0. The van der Waals surface area contributed by atoms with Gasteiger partial charge in [-0.25, -0.2) is 4.79 Å². The summed E-state index contributed by atoms with van der Waals surface area (Å²) in [6.45, 7) is 18.3. The van der Waals surface area contributed by atoms with Crippen LogP contribution >= 0.6 is 0 Å². The molecule has 278 valence electrons. The lowest BCUT2D eigenvalue weighted by Gasteiger charge is -2.64. The van der Waals surface area contributed by atoms with E-state index in [1.807, 2.05) is 51.1 Å². The number of ether oxygens (including phenoxy) is 7. The third-order valence-corrected chi connectivity index (χ3v) is 12.6. The van der Waals surface area contributed by atoms with Crippen molar-refractivity contribution in [3.8, 4) is 0 Å². The molecule has 1 aromatic carbocycles. The van der Waals surface area contributed by atoms with Crippen LogP contribution in [-0.2, 0) is 42.7 Å². The van der Waals surface area contributed by atoms with Crippen LogP contribution in [0.3, 0.4) is 0 Å². The first-order chi connectivity index (χ1) is 24.3. The number of ketones is 1. The highest BCUT2D eigenvalue weighted by Crippen LogP contribution is 2.65. The van der Waals surface area contributed by atoms with E-state index in [2.05, 4.69) is 20.8 Å². The second-order valence-electron chi connectivity index (χ2n) is 16.7. The van der Waals surface area contributed by atoms with Gasteiger partial charge in [-0.1, -0.05) is 57.7 Å². The van der Waals surface area contributed by atoms with Gasteiger partial charge in [0.25, 0.3) is 0 Å². The smallest absolute Gasteiger partial charge is 0.331 e. The Bertz CT molecular complexity index is 1550. The number of esters is 1.